The first-order valence-electron chi connectivity index (χ1n) is 4.68. The van der Waals surface area contributed by atoms with Crippen molar-refractivity contribution in [3.8, 4) is 0 Å². The molecule has 70 valence electrons. The molecule has 13 heavy (non-hydrogen) atoms. The van der Waals surface area contributed by atoms with Gasteiger partial charge >= 0.3 is 0 Å². The van der Waals surface area contributed by atoms with Gasteiger partial charge in [-0.05, 0) is 0 Å². The van der Waals surface area contributed by atoms with Gasteiger partial charge in [0.1, 0.15) is 0 Å². The highest BCUT2D eigenvalue weighted by Crippen LogP contribution is 2.00. The highest BCUT2D eigenvalue weighted by molar-refractivity contribution is 5.89. The Morgan fingerprint density at radius 1 is 1.31 bits per heavy atom. The molecule has 4 heteroatoms. The molecule has 0 unspecified atom stereocenters. The van der Waals surface area contributed by atoms with Gasteiger partial charge in [0.25, 0.3) is 0 Å². The molecule has 0 aromatic rings. The number of piperazine rings is 1. The maximum Gasteiger partial charge on any atom is 0.225 e. The molecule has 0 saturated carbocycles. The third-order valence-corrected chi connectivity index (χ3v) is 2.14. The fourth-order valence-electron chi connectivity index (χ4n) is 1.44. The average molecular weight is 178 g/mol. The summed E-state index contributed by atoms with van der Waals surface area (Å²) in [7, 11) is 0. The quantitative estimate of drug-likeness (QED) is 0.577. The second-order valence-electron chi connectivity index (χ2n) is 3.10. The Kier molecular flexibility index (Phi) is 2.72. The normalized spacial score (nSPS) is 22.8. The molecule has 2 rings (SSSR count). The van der Waals surface area contributed by atoms with Crippen molar-refractivity contribution in [1.82, 2.24) is 10.2 Å². The largest absolute Gasteiger partial charge is 0.338 e. The van der Waals surface area contributed by atoms with Crippen LogP contribution in [0.5, 0.6) is 0 Å². The van der Waals surface area contributed by atoms with Crippen LogP contribution in [0.1, 0.15) is 6.42 Å². The summed E-state index contributed by atoms with van der Waals surface area (Å²) in [6.07, 6.45) is 6.65. The van der Waals surface area contributed by atoms with E-state index in [0.717, 1.165) is 38.6 Å². The highest BCUT2D eigenvalue weighted by atomic mass is 15.3. The fourth-order valence-corrected chi connectivity index (χ4v) is 1.44. The molecule has 4 nitrogen and oxygen atoms in total. The molecule has 2 heterocycles. The predicted molar refractivity (Wildman–Crippen MR) is 54.1 cm³/mol. The molecule has 0 spiro atoms. The van der Waals surface area contributed by atoms with Crippen LogP contribution >= 0.6 is 0 Å². The Bertz CT molecular complexity index is 248. The lowest BCUT2D eigenvalue weighted by molar-refractivity contribution is 0.354. The second kappa shape index (κ2) is 4.18. The minimum Gasteiger partial charge on any atom is -0.338 e. The maximum absolute atomic E-state index is 4.31. The SMILES string of the molecule is C1=CN=C(N2CCNCC2)N=CC1. The summed E-state index contributed by atoms with van der Waals surface area (Å²) in [5.41, 5.74) is 0. The Balaban J connectivity index is 2.05. The van der Waals surface area contributed by atoms with Crippen LogP contribution in [0.3, 0.4) is 0 Å². The zero-order chi connectivity index (χ0) is 8.93. The van der Waals surface area contributed by atoms with Crippen LogP contribution in [0.4, 0.5) is 0 Å². The van der Waals surface area contributed by atoms with E-state index in [4.69, 9.17) is 0 Å². The van der Waals surface area contributed by atoms with Crippen LogP contribution in [0.2, 0.25) is 0 Å². The van der Waals surface area contributed by atoms with Gasteiger partial charge in [0.2, 0.25) is 5.96 Å². The summed E-state index contributed by atoms with van der Waals surface area (Å²) in [6, 6.07) is 0. The van der Waals surface area contributed by atoms with Crippen molar-refractivity contribution in [3.63, 3.8) is 0 Å². The molecule has 2 aliphatic rings. The first kappa shape index (κ1) is 8.44. The van der Waals surface area contributed by atoms with Gasteiger partial charge in [0.15, 0.2) is 0 Å². The molecular weight excluding hydrogens is 164 g/mol. The van der Waals surface area contributed by atoms with Crippen LogP contribution in [0, 0.1) is 0 Å². The summed E-state index contributed by atoms with van der Waals surface area (Å²) in [5.74, 6) is 0.857. The van der Waals surface area contributed by atoms with Gasteiger partial charge < -0.3 is 10.2 Å². The first-order chi connectivity index (χ1) is 6.47. The minimum atomic E-state index is 0.857. The number of rotatable bonds is 0. The standard InChI is InChI=1S/C9H14N4/c1-2-4-12-9(11-3-1)13-7-5-10-6-8-13/h1,3-4,10H,2,5-8H2. The third-order valence-electron chi connectivity index (χ3n) is 2.14. The second-order valence-corrected chi connectivity index (χ2v) is 3.10. The van der Waals surface area contributed by atoms with Crippen LogP contribution in [-0.2, 0) is 0 Å². The summed E-state index contributed by atoms with van der Waals surface area (Å²) < 4.78 is 0. The van der Waals surface area contributed by atoms with Crippen molar-refractivity contribution >= 4 is 12.2 Å². The van der Waals surface area contributed by atoms with Crippen LogP contribution < -0.4 is 5.32 Å². The third kappa shape index (κ3) is 2.15. The van der Waals surface area contributed by atoms with E-state index in [1.807, 2.05) is 18.5 Å². The number of hydrogen-bond acceptors (Lipinski definition) is 4. The van der Waals surface area contributed by atoms with Crippen molar-refractivity contribution in [2.24, 2.45) is 9.98 Å². The summed E-state index contributed by atoms with van der Waals surface area (Å²) in [5, 5.41) is 3.30. The zero-order valence-corrected chi connectivity index (χ0v) is 7.61. The van der Waals surface area contributed by atoms with Gasteiger partial charge in [-0.2, -0.15) is 0 Å². The van der Waals surface area contributed by atoms with Crippen molar-refractivity contribution in [2.45, 2.75) is 6.42 Å². The number of aliphatic imine (C=N–C) groups is 2. The van der Waals surface area contributed by atoms with E-state index in [1.165, 1.54) is 0 Å². The predicted octanol–water partition coefficient (Wildman–Crippen LogP) is 0.236. The van der Waals surface area contributed by atoms with E-state index in [1.54, 1.807) is 0 Å². The molecule has 0 bridgehead atoms. The number of allylic oxidation sites excluding steroid dienone is 1. The molecule has 1 N–H and O–H groups in total. The summed E-state index contributed by atoms with van der Waals surface area (Å²) in [4.78, 5) is 10.8. The van der Waals surface area contributed by atoms with E-state index in [9.17, 15) is 0 Å². The van der Waals surface area contributed by atoms with Gasteiger partial charge in [0.05, 0.1) is 0 Å². The molecule has 0 aliphatic carbocycles. The van der Waals surface area contributed by atoms with Gasteiger partial charge in [-0.1, -0.05) is 6.08 Å². The Morgan fingerprint density at radius 2 is 2.15 bits per heavy atom. The Morgan fingerprint density at radius 3 is 3.00 bits per heavy atom. The lowest BCUT2D eigenvalue weighted by atomic mass is 10.4. The molecule has 1 saturated heterocycles. The van der Waals surface area contributed by atoms with Crippen LogP contribution in [0.25, 0.3) is 0 Å². The number of hydrogen-bond donors (Lipinski definition) is 1. The molecule has 0 aromatic heterocycles. The lowest BCUT2D eigenvalue weighted by Crippen LogP contribution is -2.45. The monoisotopic (exact) mass is 178 g/mol. The zero-order valence-electron chi connectivity index (χ0n) is 7.61. The molecule has 0 radical (unpaired) electrons. The molecule has 0 atom stereocenters. The minimum absolute atomic E-state index is 0.857. The van der Waals surface area contributed by atoms with E-state index in [-0.39, 0.29) is 0 Å². The van der Waals surface area contributed by atoms with Gasteiger partial charge in [0, 0.05) is 45.0 Å². The molecule has 1 fully saturated rings. The Labute approximate surface area is 78.1 Å². The van der Waals surface area contributed by atoms with E-state index in [0.29, 0.717) is 0 Å². The summed E-state index contributed by atoms with van der Waals surface area (Å²) in [6.45, 7) is 4.06. The van der Waals surface area contributed by atoms with Gasteiger partial charge in [-0.15, -0.1) is 0 Å². The molecular formula is C9H14N4. The van der Waals surface area contributed by atoms with Gasteiger partial charge in [-0.25, -0.2) is 9.98 Å². The van der Waals surface area contributed by atoms with E-state index >= 15 is 0 Å². The number of nitrogens with zero attached hydrogens (tertiary/aromatic N) is 3. The van der Waals surface area contributed by atoms with E-state index in [2.05, 4.69) is 20.2 Å². The smallest absolute Gasteiger partial charge is 0.225 e. The van der Waals surface area contributed by atoms with Crippen molar-refractivity contribution in [2.75, 3.05) is 26.2 Å². The van der Waals surface area contributed by atoms with Crippen molar-refractivity contribution in [3.05, 3.63) is 12.3 Å². The number of nitrogens with one attached hydrogen (secondary N) is 1. The maximum atomic E-state index is 4.31. The topological polar surface area (TPSA) is 40.0 Å². The van der Waals surface area contributed by atoms with Crippen molar-refractivity contribution in [1.29, 1.82) is 0 Å². The first-order valence-corrected chi connectivity index (χ1v) is 4.68. The fraction of sp³-hybridized carbons (Fsp3) is 0.556. The van der Waals surface area contributed by atoms with E-state index < -0.39 is 0 Å². The highest BCUT2D eigenvalue weighted by Gasteiger charge is 2.12. The number of guanidine groups is 1. The molecule has 0 aromatic carbocycles. The van der Waals surface area contributed by atoms with Crippen LogP contribution in [-0.4, -0.2) is 43.3 Å². The van der Waals surface area contributed by atoms with Gasteiger partial charge in [-0.3, -0.25) is 0 Å². The summed E-state index contributed by atoms with van der Waals surface area (Å²) >= 11 is 0. The lowest BCUT2D eigenvalue weighted by Gasteiger charge is -2.27. The Hall–Kier alpha value is -1.16. The molecule has 2 aliphatic heterocycles. The van der Waals surface area contributed by atoms with Crippen LogP contribution in [0.15, 0.2) is 22.3 Å². The van der Waals surface area contributed by atoms with Crippen molar-refractivity contribution < 1.29 is 0 Å². The molecule has 0 amide bonds. The average Bonchev–Trinajstić information content (AvgIpc) is 2.47.